The lowest BCUT2D eigenvalue weighted by Crippen LogP contribution is -2.01. The van der Waals surface area contributed by atoms with Crippen LogP contribution in [0.15, 0.2) is 81.0 Å². The molecule has 27 heavy (non-hydrogen) atoms. The topological polar surface area (TPSA) is 17.1 Å². The molecule has 0 aliphatic heterocycles. The Labute approximate surface area is 177 Å². The van der Waals surface area contributed by atoms with Crippen molar-refractivity contribution in [1.29, 1.82) is 0 Å². The molecule has 0 spiro atoms. The van der Waals surface area contributed by atoms with Crippen LogP contribution >= 0.6 is 39.3 Å². The number of aryl methyl sites for hydroxylation is 2. The van der Waals surface area contributed by atoms with Gasteiger partial charge in [0.05, 0.1) is 4.91 Å². The van der Waals surface area contributed by atoms with Crippen molar-refractivity contribution in [2.24, 2.45) is 0 Å². The molecule has 3 aromatic rings. The fourth-order valence-electron chi connectivity index (χ4n) is 2.76. The number of hydrogen-bond donors (Lipinski definition) is 0. The number of carbonyl (C=O) groups is 1. The summed E-state index contributed by atoms with van der Waals surface area (Å²) in [5.41, 5.74) is 4.00. The number of benzene rings is 3. The first-order valence-corrected chi connectivity index (χ1v) is 10.4. The molecule has 0 aromatic heterocycles. The maximum absolute atomic E-state index is 13.2. The lowest BCUT2D eigenvalue weighted by atomic mass is 10.1. The third kappa shape index (κ3) is 5.58. The van der Waals surface area contributed by atoms with Gasteiger partial charge in [0.15, 0.2) is 5.78 Å². The molecule has 0 heterocycles. The minimum atomic E-state index is -0.0151. The maximum atomic E-state index is 13.2. The lowest BCUT2D eigenvalue weighted by Gasteiger charge is -2.09. The normalized spacial score (nSPS) is 11.5. The molecule has 1 nitrogen and oxygen atoms in total. The van der Waals surface area contributed by atoms with Gasteiger partial charge in [0.25, 0.3) is 0 Å². The van der Waals surface area contributed by atoms with Crippen LogP contribution in [-0.2, 0) is 0 Å². The summed E-state index contributed by atoms with van der Waals surface area (Å²) in [5, 5.41) is 0.618. The minimum Gasteiger partial charge on any atom is -0.288 e. The Hall–Kier alpha value is -1.81. The summed E-state index contributed by atoms with van der Waals surface area (Å²) >= 11 is 10.9. The van der Waals surface area contributed by atoms with Gasteiger partial charge in [0.1, 0.15) is 0 Å². The molecule has 0 atom stereocenters. The van der Waals surface area contributed by atoms with Crippen molar-refractivity contribution in [2.45, 2.75) is 18.7 Å². The van der Waals surface area contributed by atoms with Crippen molar-refractivity contribution >= 4 is 51.2 Å². The second kappa shape index (κ2) is 8.92. The molecule has 0 bridgehead atoms. The first kappa shape index (κ1) is 19.9. The molecule has 3 rings (SSSR count). The summed E-state index contributed by atoms with van der Waals surface area (Å²) in [5.74, 6) is -0.0151. The first-order chi connectivity index (χ1) is 12.9. The summed E-state index contributed by atoms with van der Waals surface area (Å²) in [7, 11) is 0. The number of hydrogen-bond acceptors (Lipinski definition) is 2. The zero-order valence-electron chi connectivity index (χ0n) is 15.0. The van der Waals surface area contributed by atoms with Crippen molar-refractivity contribution in [1.82, 2.24) is 0 Å². The smallest absolute Gasteiger partial charge is 0.199 e. The Balaban J connectivity index is 2.01. The number of thioether (sulfide) groups is 1. The van der Waals surface area contributed by atoms with E-state index in [0.717, 1.165) is 14.9 Å². The van der Waals surface area contributed by atoms with Crippen molar-refractivity contribution in [3.05, 3.63) is 103 Å². The summed E-state index contributed by atoms with van der Waals surface area (Å²) in [6, 6.07) is 21.3. The highest BCUT2D eigenvalue weighted by Crippen LogP contribution is 2.32. The zero-order chi connectivity index (χ0) is 19.4. The summed E-state index contributed by atoms with van der Waals surface area (Å²) in [6.07, 6.45) is 1.96. The number of Topliss-reactive ketones (excluding diaryl/α,β-unsaturated/α-hetero) is 1. The van der Waals surface area contributed by atoms with Crippen LogP contribution in [0.5, 0.6) is 0 Å². The van der Waals surface area contributed by atoms with Gasteiger partial charge in [0, 0.05) is 20.0 Å². The van der Waals surface area contributed by atoms with E-state index < -0.39 is 0 Å². The quantitative estimate of drug-likeness (QED) is 0.221. The average molecular weight is 458 g/mol. The molecule has 0 saturated heterocycles. The largest absolute Gasteiger partial charge is 0.288 e. The molecule has 0 fully saturated rings. The predicted octanol–water partition coefficient (Wildman–Crippen LogP) is 7.74. The molecule has 0 N–H and O–H groups in total. The molecule has 136 valence electrons. The highest BCUT2D eigenvalue weighted by atomic mass is 79.9. The molecule has 4 heteroatoms. The monoisotopic (exact) mass is 456 g/mol. The summed E-state index contributed by atoms with van der Waals surface area (Å²) in [6.45, 7) is 4.12. The molecular formula is C23H18BrClOS. The van der Waals surface area contributed by atoms with E-state index >= 15 is 0 Å². The predicted molar refractivity (Wildman–Crippen MR) is 120 cm³/mol. The van der Waals surface area contributed by atoms with Crippen molar-refractivity contribution in [3.63, 3.8) is 0 Å². The van der Waals surface area contributed by atoms with Crippen molar-refractivity contribution in [3.8, 4) is 0 Å². The van der Waals surface area contributed by atoms with Crippen LogP contribution in [0.4, 0.5) is 0 Å². The highest BCUT2D eigenvalue weighted by molar-refractivity contribution is 9.10. The zero-order valence-corrected chi connectivity index (χ0v) is 18.2. The van der Waals surface area contributed by atoms with Crippen LogP contribution in [0.2, 0.25) is 5.02 Å². The first-order valence-electron chi connectivity index (χ1n) is 8.44. The Morgan fingerprint density at radius 3 is 2.11 bits per heavy atom. The fourth-order valence-corrected chi connectivity index (χ4v) is 4.08. The molecule has 0 aliphatic rings. The van der Waals surface area contributed by atoms with Gasteiger partial charge in [-0.05, 0) is 74.0 Å². The Kier molecular flexibility index (Phi) is 6.59. The van der Waals surface area contributed by atoms with Crippen LogP contribution in [0, 0.1) is 13.8 Å². The average Bonchev–Trinajstić information content (AvgIpc) is 2.62. The third-order valence-electron chi connectivity index (χ3n) is 3.91. The summed E-state index contributed by atoms with van der Waals surface area (Å²) < 4.78 is 1.01. The Morgan fingerprint density at radius 2 is 1.52 bits per heavy atom. The Morgan fingerprint density at radius 1 is 0.926 bits per heavy atom. The van der Waals surface area contributed by atoms with Crippen LogP contribution in [0.1, 0.15) is 27.0 Å². The third-order valence-corrected chi connectivity index (χ3v) is 5.73. The minimum absolute atomic E-state index is 0.0151. The lowest BCUT2D eigenvalue weighted by molar-refractivity contribution is 0.104. The van der Waals surface area contributed by atoms with Crippen LogP contribution < -0.4 is 0 Å². The van der Waals surface area contributed by atoms with E-state index in [1.165, 1.54) is 22.9 Å². The van der Waals surface area contributed by atoms with Gasteiger partial charge in [-0.2, -0.15) is 0 Å². The fraction of sp³-hybridized carbons (Fsp3) is 0.0870. The van der Waals surface area contributed by atoms with Gasteiger partial charge >= 0.3 is 0 Å². The molecule has 0 amide bonds. The maximum Gasteiger partial charge on any atom is 0.199 e. The number of ketones is 1. The van der Waals surface area contributed by atoms with Crippen LogP contribution in [0.3, 0.4) is 0 Å². The standard InChI is InChI=1S/C23H18BrClOS/c1-15-11-16(2)13-17(12-15)14-22(27-21-9-5-19(24)6-10-21)23(26)18-3-7-20(25)8-4-18/h3-14H,1-2H3/b22-14+. The molecule has 3 aromatic carbocycles. The van der Waals surface area contributed by atoms with Gasteiger partial charge in [-0.3, -0.25) is 4.79 Å². The van der Waals surface area contributed by atoms with Gasteiger partial charge in [-0.25, -0.2) is 0 Å². The van der Waals surface area contributed by atoms with E-state index in [1.807, 2.05) is 30.3 Å². The van der Waals surface area contributed by atoms with Gasteiger partial charge < -0.3 is 0 Å². The number of carbonyl (C=O) groups excluding carboxylic acids is 1. The molecule has 0 radical (unpaired) electrons. The van der Waals surface area contributed by atoms with Gasteiger partial charge in [0.2, 0.25) is 0 Å². The number of halogens is 2. The molecular weight excluding hydrogens is 440 g/mol. The second-order valence-corrected chi connectivity index (χ2v) is 8.79. The van der Waals surface area contributed by atoms with E-state index in [4.69, 9.17) is 11.6 Å². The summed E-state index contributed by atoms with van der Waals surface area (Å²) in [4.78, 5) is 14.8. The van der Waals surface area contributed by atoms with Crippen molar-refractivity contribution < 1.29 is 4.79 Å². The second-order valence-electron chi connectivity index (χ2n) is 6.32. The van der Waals surface area contributed by atoms with Crippen LogP contribution in [-0.4, -0.2) is 5.78 Å². The molecule has 0 aliphatic carbocycles. The van der Waals surface area contributed by atoms with Crippen molar-refractivity contribution in [2.75, 3.05) is 0 Å². The number of rotatable bonds is 5. The van der Waals surface area contributed by atoms with E-state index in [2.05, 4.69) is 48.0 Å². The van der Waals surface area contributed by atoms with E-state index in [1.54, 1.807) is 24.3 Å². The SMILES string of the molecule is Cc1cc(C)cc(/C=C(/Sc2ccc(Br)cc2)C(=O)c2ccc(Cl)cc2)c1. The highest BCUT2D eigenvalue weighted by Gasteiger charge is 2.14. The Bertz CT molecular complexity index is 972. The number of allylic oxidation sites excluding steroid dienone is 1. The van der Waals surface area contributed by atoms with Gasteiger partial charge in [-0.1, -0.05) is 68.6 Å². The van der Waals surface area contributed by atoms with Gasteiger partial charge in [-0.15, -0.1) is 0 Å². The van der Waals surface area contributed by atoms with E-state index in [9.17, 15) is 4.79 Å². The molecule has 0 unspecified atom stereocenters. The molecule has 0 saturated carbocycles. The van der Waals surface area contributed by atoms with E-state index in [-0.39, 0.29) is 5.78 Å². The van der Waals surface area contributed by atoms with E-state index in [0.29, 0.717) is 15.5 Å². The van der Waals surface area contributed by atoms with Crippen LogP contribution in [0.25, 0.3) is 6.08 Å².